The van der Waals surface area contributed by atoms with E-state index in [1.807, 2.05) is 47.4 Å². The van der Waals surface area contributed by atoms with Gasteiger partial charge in [0.2, 0.25) is 0 Å². The van der Waals surface area contributed by atoms with Crippen LogP contribution in [0.4, 0.5) is 0 Å². The lowest BCUT2D eigenvalue weighted by atomic mass is 9.93. The second-order valence-electron chi connectivity index (χ2n) is 5.02. The fourth-order valence-corrected chi connectivity index (χ4v) is 2.47. The van der Waals surface area contributed by atoms with Crippen molar-refractivity contribution in [2.75, 3.05) is 13.2 Å². The summed E-state index contributed by atoms with van der Waals surface area (Å²) in [4.78, 5) is 0. The molecular formula is C15H18N2O2. The number of hydrogen-bond acceptors (Lipinski definition) is 3. The first-order chi connectivity index (χ1) is 9.33. The van der Waals surface area contributed by atoms with Crippen LogP contribution in [0.5, 0.6) is 0 Å². The number of nitrogens with zero attached hydrogens (tertiary/aromatic N) is 2. The Hall–Kier alpha value is -1.65. The molecule has 1 fully saturated rings. The molecule has 0 amide bonds. The molecule has 0 bridgehead atoms. The zero-order valence-electron chi connectivity index (χ0n) is 10.8. The highest BCUT2D eigenvalue weighted by atomic mass is 16.5. The Bertz CT molecular complexity index is 524. The molecule has 2 unspecified atom stereocenters. The standard InChI is InChI=1S/C15H18N2O2/c18-15-6-7-19-11-13(15)8-12-9-16-17(10-12)14-4-2-1-3-5-14/h1-5,9-10,13,15,18H,6-8,11H2. The predicted octanol–water partition coefficient (Wildman–Crippen LogP) is 1.81. The van der Waals surface area contributed by atoms with E-state index in [0.29, 0.717) is 13.2 Å². The molecule has 19 heavy (non-hydrogen) atoms. The van der Waals surface area contributed by atoms with Gasteiger partial charge in [0.15, 0.2) is 0 Å². The first kappa shape index (κ1) is 12.4. The van der Waals surface area contributed by atoms with Gasteiger partial charge in [-0.3, -0.25) is 0 Å². The van der Waals surface area contributed by atoms with Crippen LogP contribution < -0.4 is 0 Å². The van der Waals surface area contributed by atoms with Crippen molar-refractivity contribution < 1.29 is 9.84 Å². The van der Waals surface area contributed by atoms with Crippen LogP contribution in [0.25, 0.3) is 5.69 Å². The van der Waals surface area contributed by atoms with E-state index >= 15 is 0 Å². The largest absolute Gasteiger partial charge is 0.393 e. The molecule has 0 saturated carbocycles. The molecule has 2 aromatic rings. The zero-order valence-corrected chi connectivity index (χ0v) is 10.8. The van der Waals surface area contributed by atoms with Crippen LogP contribution in [0.1, 0.15) is 12.0 Å². The van der Waals surface area contributed by atoms with Crippen LogP contribution in [-0.4, -0.2) is 34.2 Å². The summed E-state index contributed by atoms with van der Waals surface area (Å²) in [5.74, 6) is 0.183. The molecule has 1 aromatic carbocycles. The smallest absolute Gasteiger partial charge is 0.0645 e. The number of aliphatic hydroxyl groups is 1. The fraction of sp³-hybridized carbons (Fsp3) is 0.400. The van der Waals surface area contributed by atoms with E-state index in [-0.39, 0.29) is 12.0 Å². The number of benzene rings is 1. The minimum atomic E-state index is -0.256. The van der Waals surface area contributed by atoms with Crippen molar-refractivity contribution in [2.24, 2.45) is 5.92 Å². The van der Waals surface area contributed by atoms with Gasteiger partial charge in [-0.2, -0.15) is 5.10 Å². The lowest BCUT2D eigenvalue weighted by molar-refractivity contribution is -0.0350. The quantitative estimate of drug-likeness (QED) is 0.913. The maximum absolute atomic E-state index is 9.95. The lowest BCUT2D eigenvalue weighted by Crippen LogP contribution is -2.33. The average Bonchev–Trinajstić information content (AvgIpc) is 2.91. The Labute approximate surface area is 112 Å². The van der Waals surface area contributed by atoms with E-state index in [1.54, 1.807) is 0 Å². The van der Waals surface area contributed by atoms with E-state index in [1.165, 1.54) is 0 Å². The van der Waals surface area contributed by atoms with Crippen LogP contribution in [-0.2, 0) is 11.2 Å². The van der Waals surface area contributed by atoms with Gasteiger partial charge < -0.3 is 9.84 Å². The number of aliphatic hydroxyl groups excluding tert-OH is 1. The molecule has 0 spiro atoms. The lowest BCUT2D eigenvalue weighted by Gasteiger charge is -2.27. The molecule has 1 saturated heterocycles. The van der Waals surface area contributed by atoms with Crippen LogP contribution in [0.15, 0.2) is 42.7 Å². The Morgan fingerprint density at radius 1 is 1.32 bits per heavy atom. The average molecular weight is 258 g/mol. The van der Waals surface area contributed by atoms with Crippen LogP contribution in [0.2, 0.25) is 0 Å². The summed E-state index contributed by atoms with van der Waals surface area (Å²) in [6, 6.07) is 10.0. The number of rotatable bonds is 3. The van der Waals surface area contributed by atoms with Gasteiger partial charge in [0.1, 0.15) is 0 Å². The maximum atomic E-state index is 9.95. The second-order valence-corrected chi connectivity index (χ2v) is 5.02. The van der Waals surface area contributed by atoms with Gasteiger partial charge >= 0.3 is 0 Å². The summed E-state index contributed by atoms with van der Waals surface area (Å²) in [6.45, 7) is 1.30. The predicted molar refractivity (Wildman–Crippen MR) is 72.2 cm³/mol. The molecule has 0 radical (unpaired) electrons. The third-order valence-corrected chi connectivity index (χ3v) is 3.59. The summed E-state index contributed by atoms with van der Waals surface area (Å²) in [5.41, 5.74) is 2.19. The third kappa shape index (κ3) is 2.85. The van der Waals surface area contributed by atoms with Gasteiger partial charge in [-0.15, -0.1) is 0 Å². The second kappa shape index (κ2) is 5.55. The van der Waals surface area contributed by atoms with E-state index in [9.17, 15) is 5.11 Å². The van der Waals surface area contributed by atoms with Gasteiger partial charge in [-0.05, 0) is 30.5 Å². The normalized spacial score (nSPS) is 23.4. The van der Waals surface area contributed by atoms with Crippen molar-refractivity contribution in [3.05, 3.63) is 48.3 Å². The van der Waals surface area contributed by atoms with Gasteiger partial charge in [0, 0.05) is 18.7 Å². The van der Waals surface area contributed by atoms with Gasteiger partial charge in [0.05, 0.1) is 24.6 Å². The minimum absolute atomic E-state index is 0.183. The van der Waals surface area contributed by atoms with Crippen molar-refractivity contribution >= 4 is 0 Å². The molecule has 0 aliphatic carbocycles. The maximum Gasteiger partial charge on any atom is 0.0645 e. The molecule has 1 aromatic heterocycles. The Morgan fingerprint density at radius 2 is 2.16 bits per heavy atom. The highest BCUT2D eigenvalue weighted by molar-refractivity contribution is 5.30. The Balaban J connectivity index is 1.71. The molecular weight excluding hydrogens is 240 g/mol. The van der Waals surface area contributed by atoms with Crippen molar-refractivity contribution in [1.82, 2.24) is 9.78 Å². The molecule has 2 atom stereocenters. The fourth-order valence-electron chi connectivity index (χ4n) is 2.47. The molecule has 3 rings (SSSR count). The van der Waals surface area contributed by atoms with Crippen molar-refractivity contribution in [1.29, 1.82) is 0 Å². The van der Waals surface area contributed by atoms with E-state index in [4.69, 9.17) is 4.74 Å². The van der Waals surface area contributed by atoms with Crippen molar-refractivity contribution in [3.8, 4) is 5.69 Å². The first-order valence-electron chi connectivity index (χ1n) is 6.68. The highest BCUT2D eigenvalue weighted by Gasteiger charge is 2.24. The van der Waals surface area contributed by atoms with Gasteiger partial charge in [-0.1, -0.05) is 18.2 Å². The summed E-state index contributed by atoms with van der Waals surface area (Å²) in [5, 5.41) is 14.3. The molecule has 4 heteroatoms. The number of aromatic nitrogens is 2. The number of hydrogen-bond donors (Lipinski definition) is 1. The van der Waals surface area contributed by atoms with E-state index in [2.05, 4.69) is 5.10 Å². The Kier molecular flexibility index (Phi) is 3.62. The summed E-state index contributed by atoms with van der Waals surface area (Å²) in [7, 11) is 0. The van der Waals surface area contributed by atoms with E-state index < -0.39 is 0 Å². The van der Waals surface area contributed by atoms with Crippen molar-refractivity contribution in [3.63, 3.8) is 0 Å². The Morgan fingerprint density at radius 3 is 2.95 bits per heavy atom. The molecule has 1 aliphatic heterocycles. The van der Waals surface area contributed by atoms with Crippen LogP contribution in [0, 0.1) is 5.92 Å². The third-order valence-electron chi connectivity index (χ3n) is 3.59. The minimum Gasteiger partial charge on any atom is -0.393 e. The highest BCUT2D eigenvalue weighted by Crippen LogP contribution is 2.20. The number of para-hydroxylation sites is 1. The van der Waals surface area contributed by atoms with Gasteiger partial charge in [-0.25, -0.2) is 4.68 Å². The van der Waals surface area contributed by atoms with Crippen LogP contribution in [0.3, 0.4) is 0 Å². The molecule has 1 aliphatic rings. The monoisotopic (exact) mass is 258 g/mol. The summed E-state index contributed by atoms with van der Waals surface area (Å²) in [6.07, 6.45) is 5.19. The summed E-state index contributed by atoms with van der Waals surface area (Å²) < 4.78 is 7.30. The topological polar surface area (TPSA) is 47.3 Å². The molecule has 4 nitrogen and oxygen atoms in total. The molecule has 1 N–H and O–H groups in total. The van der Waals surface area contributed by atoms with Gasteiger partial charge in [0.25, 0.3) is 0 Å². The van der Waals surface area contributed by atoms with Crippen LogP contribution >= 0.6 is 0 Å². The molecule has 100 valence electrons. The summed E-state index contributed by atoms with van der Waals surface area (Å²) >= 11 is 0. The van der Waals surface area contributed by atoms with E-state index in [0.717, 1.165) is 24.1 Å². The van der Waals surface area contributed by atoms with Crippen molar-refractivity contribution in [2.45, 2.75) is 18.9 Å². The molecule has 2 heterocycles. The first-order valence-corrected chi connectivity index (χ1v) is 6.68. The number of ether oxygens (including phenoxy) is 1. The zero-order chi connectivity index (χ0) is 13.1. The SMILES string of the molecule is OC1CCOCC1Cc1cnn(-c2ccccc2)c1.